The third-order valence-corrected chi connectivity index (χ3v) is 4.49. The number of pyridine rings is 1. The first-order chi connectivity index (χ1) is 12.3. The SMILES string of the molecule is C=CSNc1ccc(C(F)(F)F)c(-c2cn(C)c(=O)c3ccccc23)c1. The van der Waals surface area contributed by atoms with E-state index in [9.17, 15) is 18.0 Å². The van der Waals surface area contributed by atoms with Crippen LogP contribution in [0.5, 0.6) is 0 Å². The second-order valence-electron chi connectivity index (χ2n) is 5.65. The molecule has 134 valence electrons. The molecule has 7 heteroatoms. The van der Waals surface area contributed by atoms with Crippen LogP contribution in [0, 0.1) is 0 Å². The molecule has 1 N–H and O–H groups in total. The average molecular weight is 376 g/mol. The van der Waals surface area contributed by atoms with E-state index >= 15 is 0 Å². The van der Waals surface area contributed by atoms with Gasteiger partial charge in [-0.1, -0.05) is 24.8 Å². The van der Waals surface area contributed by atoms with E-state index in [1.165, 1.54) is 41.9 Å². The highest BCUT2D eigenvalue weighted by Gasteiger charge is 2.34. The first-order valence-corrected chi connectivity index (χ1v) is 8.53. The van der Waals surface area contributed by atoms with Gasteiger partial charge >= 0.3 is 6.18 Å². The Hall–Kier alpha value is -2.67. The molecule has 1 aromatic heterocycles. The van der Waals surface area contributed by atoms with Crippen molar-refractivity contribution in [3.63, 3.8) is 0 Å². The monoisotopic (exact) mass is 376 g/mol. The van der Waals surface area contributed by atoms with Gasteiger partial charge in [-0.25, -0.2) is 0 Å². The normalized spacial score (nSPS) is 11.5. The van der Waals surface area contributed by atoms with Crippen LogP contribution < -0.4 is 10.3 Å². The molecule has 0 saturated carbocycles. The van der Waals surface area contributed by atoms with Gasteiger partial charge in [-0.3, -0.25) is 4.79 Å². The predicted molar refractivity (Wildman–Crippen MR) is 101 cm³/mol. The van der Waals surface area contributed by atoms with Crippen LogP contribution in [-0.4, -0.2) is 4.57 Å². The number of nitrogens with one attached hydrogen (secondary N) is 1. The van der Waals surface area contributed by atoms with Crippen molar-refractivity contribution in [3.05, 3.63) is 76.6 Å². The molecule has 26 heavy (non-hydrogen) atoms. The number of aromatic nitrogens is 1. The zero-order valence-electron chi connectivity index (χ0n) is 13.8. The Labute approximate surface area is 152 Å². The van der Waals surface area contributed by atoms with Crippen LogP contribution in [0.4, 0.5) is 18.9 Å². The maximum atomic E-state index is 13.6. The first kappa shape index (κ1) is 18.1. The largest absolute Gasteiger partial charge is 0.417 e. The van der Waals surface area contributed by atoms with Gasteiger partial charge in [-0.15, -0.1) is 0 Å². The van der Waals surface area contributed by atoms with Gasteiger partial charge in [0.2, 0.25) is 0 Å². The number of benzene rings is 2. The zero-order chi connectivity index (χ0) is 18.9. The van der Waals surface area contributed by atoms with E-state index in [1.807, 2.05) is 0 Å². The lowest BCUT2D eigenvalue weighted by Crippen LogP contribution is -2.17. The molecule has 0 saturated heterocycles. The summed E-state index contributed by atoms with van der Waals surface area (Å²) in [7, 11) is 1.53. The Morgan fingerprint density at radius 1 is 1.12 bits per heavy atom. The lowest BCUT2D eigenvalue weighted by atomic mass is 9.95. The molecule has 0 aliphatic carbocycles. The number of fused-ring (bicyclic) bond motifs is 1. The highest BCUT2D eigenvalue weighted by atomic mass is 32.2. The number of rotatable bonds is 4. The van der Waals surface area contributed by atoms with E-state index in [4.69, 9.17) is 0 Å². The van der Waals surface area contributed by atoms with Crippen molar-refractivity contribution >= 4 is 28.4 Å². The second kappa shape index (κ2) is 6.92. The Morgan fingerprint density at radius 2 is 1.81 bits per heavy atom. The van der Waals surface area contributed by atoms with Crippen molar-refractivity contribution in [2.45, 2.75) is 6.18 Å². The molecule has 0 unspecified atom stereocenters. The van der Waals surface area contributed by atoms with Gasteiger partial charge in [-0.05, 0) is 52.6 Å². The molecule has 0 aliphatic heterocycles. The third kappa shape index (κ3) is 3.35. The van der Waals surface area contributed by atoms with Crippen LogP contribution >= 0.6 is 11.9 Å². The van der Waals surface area contributed by atoms with Crippen LogP contribution in [-0.2, 0) is 13.2 Å². The van der Waals surface area contributed by atoms with Gasteiger partial charge in [0.05, 0.1) is 5.56 Å². The molecule has 0 spiro atoms. The summed E-state index contributed by atoms with van der Waals surface area (Å²) in [5.74, 6) is 0. The van der Waals surface area contributed by atoms with E-state index in [1.54, 1.807) is 29.7 Å². The van der Waals surface area contributed by atoms with Gasteiger partial charge in [0.1, 0.15) is 0 Å². The van der Waals surface area contributed by atoms with Gasteiger partial charge in [0.25, 0.3) is 5.56 Å². The van der Waals surface area contributed by atoms with E-state index in [0.717, 1.165) is 6.07 Å². The number of alkyl halides is 3. The number of halogens is 3. The molecule has 3 nitrogen and oxygen atoms in total. The van der Waals surface area contributed by atoms with Gasteiger partial charge in [0.15, 0.2) is 0 Å². The van der Waals surface area contributed by atoms with Crippen molar-refractivity contribution in [2.24, 2.45) is 7.05 Å². The van der Waals surface area contributed by atoms with Gasteiger partial charge in [-0.2, -0.15) is 13.2 Å². The van der Waals surface area contributed by atoms with Crippen LogP contribution in [0.2, 0.25) is 0 Å². The minimum Gasteiger partial charge on any atom is -0.326 e. The lowest BCUT2D eigenvalue weighted by molar-refractivity contribution is -0.137. The molecule has 0 aliphatic rings. The maximum Gasteiger partial charge on any atom is 0.417 e. The smallest absolute Gasteiger partial charge is 0.326 e. The number of hydrogen-bond donors (Lipinski definition) is 1. The summed E-state index contributed by atoms with van der Waals surface area (Å²) in [5.41, 5.74) is -0.137. The lowest BCUT2D eigenvalue weighted by Gasteiger charge is -2.17. The number of aryl methyl sites for hydroxylation is 1. The summed E-state index contributed by atoms with van der Waals surface area (Å²) in [6.45, 7) is 3.56. The van der Waals surface area contributed by atoms with Crippen molar-refractivity contribution in [2.75, 3.05) is 4.72 Å². The Bertz CT molecular complexity index is 1040. The van der Waals surface area contributed by atoms with Crippen LogP contribution in [0.1, 0.15) is 5.56 Å². The van der Waals surface area contributed by atoms with Gasteiger partial charge in [0, 0.05) is 29.9 Å². The fourth-order valence-electron chi connectivity index (χ4n) is 2.82. The van der Waals surface area contributed by atoms with Crippen molar-refractivity contribution < 1.29 is 13.2 Å². The van der Waals surface area contributed by atoms with Crippen LogP contribution in [0.15, 0.2) is 65.4 Å². The summed E-state index contributed by atoms with van der Waals surface area (Å²) >= 11 is 1.17. The Balaban J connectivity index is 2.35. The van der Waals surface area contributed by atoms with E-state index in [-0.39, 0.29) is 11.1 Å². The summed E-state index contributed by atoms with van der Waals surface area (Å²) in [6, 6.07) is 10.5. The quantitative estimate of drug-likeness (QED) is 0.617. The molecular weight excluding hydrogens is 361 g/mol. The fourth-order valence-corrected chi connectivity index (χ4v) is 3.16. The highest BCUT2D eigenvalue weighted by molar-refractivity contribution is 8.03. The molecule has 0 bridgehead atoms. The molecule has 0 radical (unpaired) electrons. The summed E-state index contributed by atoms with van der Waals surface area (Å²) in [4.78, 5) is 12.3. The van der Waals surface area contributed by atoms with Gasteiger partial charge < -0.3 is 9.29 Å². The molecule has 0 amide bonds. The predicted octanol–water partition coefficient (Wildman–Crippen LogP) is 5.43. The van der Waals surface area contributed by atoms with E-state index < -0.39 is 11.7 Å². The van der Waals surface area contributed by atoms with Crippen molar-refractivity contribution in [1.82, 2.24) is 4.57 Å². The Morgan fingerprint density at radius 3 is 2.46 bits per heavy atom. The van der Waals surface area contributed by atoms with Crippen LogP contribution in [0.25, 0.3) is 21.9 Å². The van der Waals surface area contributed by atoms with Crippen molar-refractivity contribution in [1.29, 1.82) is 0 Å². The molecule has 1 heterocycles. The molecule has 3 rings (SSSR count). The molecule has 0 fully saturated rings. The Kier molecular flexibility index (Phi) is 4.82. The molecule has 0 atom stereocenters. The number of nitrogens with zero attached hydrogens (tertiary/aromatic N) is 1. The highest BCUT2D eigenvalue weighted by Crippen LogP contribution is 2.40. The average Bonchev–Trinajstić information content (AvgIpc) is 2.62. The number of hydrogen-bond acceptors (Lipinski definition) is 3. The molecular formula is C19H15F3N2OS. The zero-order valence-corrected chi connectivity index (χ0v) is 14.6. The molecule has 3 aromatic rings. The molecule has 2 aromatic carbocycles. The number of anilines is 1. The van der Waals surface area contributed by atoms with Crippen molar-refractivity contribution in [3.8, 4) is 11.1 Å². The summed E-state index contributed by atoms with van der Waals surface area (Å²) in [5, 5.41) is 2.40. The topological polar surface area (TPSA) is 34.0 Å². The minimum absolute atomic E-state index is 0.0129. The fraction of sp³-hybridized carbons (Fsp3) is 0.105. The summed E-state index contributed by atoms with van der Waals surface area (Å²) in [6.07, 6.45) is -3.07. The maximum absolute atomic E-state index is 13.6. The van der Waals surface area contributed by atoms with E-state index in [0.29, 0.717) is 22.0 Å². The van der Waals surface area contributed by atoms with E-state index in [2.05, 4.69) is 11.3 Å². The first-order valence-electron chi connectivity index (χ1n) is 7.65. The third-order valence-electron chi connectivity index (χ3n) is 3.97. The summed E-state index contributed by atoms with van der Waals surface area (Å²) < 4.78 is 45.0. The second-order valence-corrected chi connectivity index (χ2v) is 6.42. The standard InChI is InChI=1S/C19H15F3N2OS/c1-3-26-23-12-8-9-17(19(20,21)22)15(10-12)16-11-24(2)18(25)14-7-5-4-6-13(14)16/h3-11,23H,1H2,2H3. The minimum atomic E-state index is -4.52. The van der Waals surface area contributed by atoms with Crippen LogP contribution in [0.3, 0.4) is 0 Å².